The molecule has 12 heteroatoms. The van der Waals surface area contributed by atoms with Crippen LogP contribution in [0.25, 0.3) is 0 Å². The molecule has 0 saturated heterocycles. The summed E-state index contributed by atoms with van der Waals surface area (Å²) < 4.78 is 0. The van der Waals surface area contributed by atoms with Gasteiger partial charge in [-0.25, -0.2) is 4.79 Å². The monoisotopic (exact) mass is 406 g/mol. The lowest BCUT2D eigenvalue weighted by molar-refractivity contribution is -0.143. The average molecular weight is 406 g/mol. The fourth-order valence-corrected chi connectivity index (χ4v) is 2.33. The van der Waals surface area contributed by atoms with Crippen LogP contribution in [0.15, 0.2) is 0 Å². The van der Waals surface area contributed by atoms with Crippen LogP contribution in [-0.2, 0) is 24.0 Å². The number of carbonyl (C=O) groups is 5. The third kappa shape index (κ3) is 9.80. The Kier molecular flexibility index (Phi) is 11.1. The molecule has 0 aliphatic carbocycles. The standard InChI is InChI=1S/C15H26N4O7S/c1-7(16)12(22)17-8(2)13(23)19-10(6-11(20)21)14(24)18-9(15(25)26)4-5-27-3/h7-10H,4-6,16H2,1-3H3,(H,17,22)(H,18,24)(H,19,23)(H,20,21)(H,25,26). The maximum Gasteiger partial charge on any atom is 0.326 e. The minimum Gasteiger partial charge on any atom is -0.481 e. The quantitative estimate of drug-likeness (QED) is 0.215. The van der Waals surface area contributed by atoms with Crippen LogP contribution in [-0.4, -0.2) is 76.0 Å². The van der Waals surface area contributed by atoms with Crippen LogP contribution in [0.1, 0.15) is 26.7 Å². The van der Waals surface area contributed by atoms with Crippen molar-refractivity contribution in [3.05, 3.63) is 0 Å². The van der Waals surface area contributed by atoms with Gasteiger partial charge in [0.15, 0.2) is 0 Å². The first kappa shape index (κ1) is 24.7. The highest BCUT2D eigenvalue weighted by Gasteiger charge is 2.29. The molecule has 0 aromatic carbocycles. The van der Waals surface area contributed by atoms with E-state index >= 15 is 0 Å². The lowest BCUT2D eigenvalue weighted by Gasteiger charge is -2.22. The highest BCUT2D eigenvalue weighted by atomic mass is 32.2. The average Bonchev–Trinajstić information content (AvgIpc) is 2.56. The van der Waals surface area contributed by atoms with Gasteiger partial charge in [-0.05, 0) is 32.3 Å². The van der Waals surface area contributed by atoms with Gasteiger partial charge in [-0.3, -0.25) is 19.2 Å². The van der Waals surface area contributed by atoms with Gasteiger partial charge in [0.1, 0.15) is 18.1 Å². The van der Waals surface area contributed by atoms with E-state index in [4.69, 9.17) is 15.9 Å². The minimum absolute atomic E-state index is 0.136. The summed E-state index contributed by atoms with van der Waals surface area (Å²) in [6.07, 6.45) is 1.16. The maximum absolute atomic E-state index is 12.3. The molecule has 0 aromatic heterocycles. The second-order valence-electron chi connectivity index (χ2n) is 5.86. The zero-order valence-corrected chi connectivity index (χ0v) is 16.2. The van der Waals surface area contributed by atoms with Gasteiger partial charge in [0, 0.05) is 0 Å². The maximum atomic E-state index is 12.3. The molecular weight excluding hydrogens is 380 g/mol. The Morgan fingerprint density at radius 2 is 1.48 bits per heavy atom. The number of nitrogens with one attached hydrogen (secondary N) is 3. The van der Waals surface area contributed by atoms with E-state index in [1.54, 1.807) is 6.26 Å². The van der Waals surface area contributed by atoms with Crippen molar-refractivity contribution >= 4 is 41.4 Å². The molecule has 27 heavy (non-hydrogen) atoms. The van der Waals surface area contributed by atoms with E-state index in [1.165, 1.54) is 25.6 Å². The highest BCUT2D eigenvalue weighted by molar-refractivity contribution is 7.98. The first-order valence-corrected chi connectivity index (χ1v) is 9.49. The number of thioether (sulfide) groups is 1. The first-order valence-electron chi connectivity index (χ1n) is 8.09. The van der Waals surface area contributed by atoms with Gasteiger partial charge >= 0.3 is 11.9 Å². The van der Waals surface area contributed by atoms with Crippen LogP contribution in [0.5, 0.6) is 0 Å². The van der Waals surface area contributed by atoms with E-state index in [-0.39, 0.29) is 6.42 Å². The van der Waals surface area contributed by atoms with Crippen LogP contribution in [0.4, 0.5) is 0 Å². The molecule has 11 nitrogen and oxygen atoms in total. The Bertz CT molecular complexity index is 570. The van der Waals surface area contributed by atoms with E-state index in [0.717, 1.165) is 0 Å². The van der Waals surface area contributed by atoms with E-state index in [0.29, 0.717) is 5.75 Å². The number of rotatable bonds is 12. The predicted molar refractivity (Wildman–Crippen MR) is 98.0 cm³/mol. The van der Waals surface area contributed by atoms with E-state index in [2.05, 4.69) is 16.0 Å². The highest BCUT2D eigenvalue weighted by Crippen LogP contribution is 2.03. The molecular formula is C15H26N4O7S. The molecule has 0 aromatic rings. The van der Waals surface area contributed by atoms with Crippen molar-refractivity contribution in [1.82, 2.24) is 16.0 Å². The van der Waals surface area contributed by atoms with Crippen LogP contribution in [0, 0.1) is 0 Å². The third-order valence-electron chi connectivity index (χ3n) is 3.40. The van der Waals surface area contributed by atoms with Gasteiger partial charge in [-0.15, -0.1) is 0 Å². The molecule has 4 unspecified atom stereocenters. The van der Waals surface area contributed by atoms with Crippen LogP contribution < -0.4 is 21.7 Å². The Morgan fingerprint density at radius 3 is 1.93 bits per heavy atom. The Morgan fingerprint density at radius 1 is 0.926 bits per heavy atom. The van der Waals surface area contributed by atoms with Gasteiger partial charge in [0.25, 0.3) is 0 Å². The molecule has 0 aliphatic rings. The summed E-state index contributed by atoms with van der Waals surface area (Å²) in [4.78, 5) is 58.1. The fourth-order valence-electron chi connectivity index (χ4n) is 1.86. The van der Waals surface area contributed by atoms with Gasteiger partial charge in [-0.2, -0.15) is 11.8 Å². The number of nitrogens with two attached hydrogens (primary N) is 1. The van der Waals surface area contributed by atoms with Crippen molar-refractivity contribution in [3.8, 4) is 0 Å². The summed E-state index contributed by atoms with van der Waals surface area (Å²) >= 11 is 1.39. The van der Waals surface area contributed by atoms with E-state index < -0.39 is 60.2 Å². The Balaban J connectivity index is 5.06. The summed E-state index contributed by atoms with van der Waals surface area (Å²) in [5.74, 6) is -4.51. The molecule has 4 atom stereocenters. The second-order valence-corrected chi connectivity index (χ2v) is 6.84. The molecule has 7 N–H and O–H groups in total. The van der Waals surface area contributed by atoms with Crippen molar-refractivity contribution in [2.24, 2.45) is 5.73 Å². The van der Waals surface area contributed by atoms with Gasteiger partial charge < -0.3 is 31.9 Å². The molecule has 0 rings (SSSR count). The number of hydrogen-bond donors (Lipinski definition) is 6. The topological polar surface area (TPSA) is 188 Å². The molecule has 0 radical (unpaired) electrons. The number of aliphatic carboxylic acids is 2. The molecule has 0 spiro atoms. The normalized spacial score (nSPS) is 15.0. The molecule has 154 valence electrons. The summed E-state index contributed by atoms with van der Waals surface area (Å²) in [6.45, 7) is 2.76. The summed E-state index contributed by atoms with van der Waals surface area (Å²) in [7, 11) is 0. The predicted octanol–water partition coefficient (Wildman–Crippen LogP) is -1.88. The number of carbonyl (C=O) groups excluding carboxylic acids is 3. The van der Waals surface area contributed by atoms with Gasteiger partial charge in [0.05, 0.1) is 12.5 Å². The SMILES string of the molecule is CSCCC(NC(=O)C(CC(=O)O)NC(=O)C(C)NC(=O)C(C)N)C(=O)O. The lowest BCUT2D eigenvalue weighted by Crippen LogP contribution is -2.56. The summed E-state index contributed by atoms with van der Waals surface area (Å²) in [5.41, 5.74) is 5.38. The van der Waals surface area contributed by atoms with Crippen molar-refractivity contribution < 1.29 is 34.2 Å². The third-order valence-corrected chi connectivity index (χ3v) is 4.05. The van der Waals surface area contributed by atoms with Gasteiger partial charge in [0.2, 0.25) is 17.7 Å². The lowest BCUT2D eigenvalue weighted by atomic mass is 10.1. The van der Waals surface area contributed by atoms with Crippen LogP contribution >= 0.6 is 11.8 Å². The van der Waals surface area contributed by atoms with Crippen molar-refractivity contribution in [3.63, 3.8) is 0 Å². The smallest absolute Gasteiger partial charge is 0.326 e. The zero-order chi connectivity index (χ0) is 21.1. The fraction of sp³-hybridized carbons (Fsp3) is 0.667. The van der Waals surface area contributed by atoms with Crippen molar-refractivity contribution in [2.75, 3.05) is 12.0 Å². The van der Waals surface area contributed by atoms with Crippen molar-refractivity contribution in [2.45, 2.75) is 50.9 Å². The van der Waals surface area contributed by atoms with Crippen LogP contribution in [0.3, 0.4) is 0 Å². The first-order chi connectivity index (χ1) is 12.5. The number of hydrogen-bond acceptors (Lipinski definition) is 7. The van der Waals surface area contributed by atoms with Crippen LogP contribution in [0.2, 0.25) is 0 Å². The molecule has 0 bridgehead atoms. The second kappa shape index (κ2) is 12.1. The molecule has 0 heterocycles. The molecule has 0 aliphatic heterocycles. The number of amides is 3. The minimum atomic E-state index is -1.50. The van der Waals surface area contributed by atoms with E-state index in [9.17, 15) is 24.0 Å². The number of carboxylic acids is 2. The Hall–Kier alpha value is -2.34. The van der Waals surface area contributed by atoms with Gasteiger partial charge in [-0.1, -0.05) is 0 Å². The molecule has 0 fully saturated rings. The van der Waals surface area contributed by atoms with Crippen molar-refractivity contribution in [1.29, 1.82) is 0 Å². The number of carboxylic acid groups (broad SMARTS) is 2. The van der Waals surface area contributed by atoms with E-state index in [1.807, 2.05) is 0 Å². The summed E-state index contributed by atoms with van der Waals surface area (Å²) in [5, 5.41) is 24.8. The molecule has 3 amide bonds. The molecule has 0 saturated carbocycles. The largest absolute Gasteiger partial charge is 0.481 e. The zero-order valence-electron chi connectivity index (χ0n) is 15.4. The summed E-state index contributed by atoms with van der Waals surface area (Å²) in [6, 6.07) is -4.64. The Labute approximate surface area is 160 Å².